The largest absolute Gasteiger partial charge is 0.307 e. The number of hydrogen-bond donors (Lipinski definition) is 1. The fraction of sp³-hybridized carbons (Fsp3) is 0.538. The predicted octanol–water partition coefficient (Wildman–Crippen LogP) is 2.94. The fourth-order valence-electron chi connectivity index (χ4n) is 1.97. The van der Waals surface area contributed by atoms with Gasteiger partial charge in [0.05, 0.1) is 16.4 Å². The van der Waals surface area contributed by atoms with Crippen LogP contribution in [0, 0.1) is 0 Å². The van der Waals surface area contributed by atoms with Crippen LogP contribution in [0.25, 0.3) is 0 Å². The third-order valence-electron chi connectivity index (χ3n) is 3.00. The van der Waals surface area contributed by atoms with Crippen LogP contribution in [0.15, 0.2) is 5.38 Å². The maximum atomic E-state index is 6.25. The van der Waals surface area contributed by atoms with E-state index in [1.54, 1.807) is 16.0 Å². The van der Waals surface area contributed by atoms with Crippen LogP contribution >= 0.6 is 22.9 Å². The third-order valence-corrected chi connectivity index (χ3v) is 4.51. The van der Waals surface area contributed by atoms with Gasteiger partial charge >= 0.3 is 0 Å². The zero-order valence-electron chi connectivity index (χ0n) is 11.5. The summed E-state index contributed by atoms with van der Waals surface area (Å²) in [4.78, 5) is 4.53. The summed E-state index contributed by atoms with van der Waals surface area (Å²) in [6, 6.07) is 0. The summed E-state index contributed by atoms with van der Waals surface area (Å²) >= 11 is 7.96. The molecule has 0 fully saturated rings. The van der Waals surface area contributed by atoms with Gasteiger partial charge in [0.15, 0.2) is 0 Å². The Bertz CT molecular complexity index is 547. The van der Waals surface area contributed by atoms with E-state index in [4.69, 9.17) is 11.6 Å². The Labute approximate surface area is 122 Å². The van der Waals surface area contributed by atoms with Gasteiger partial charge in [0.25, 0.3) is 0 Å². The van der Waals surface area contributed by atoms with E-state index in [0.717, 1.165) is 48.0 Å². The Hall–Kier alpha value is -0.910. The van der Waals surface area contributed by atoms with Gasteiger partial charge in [-0.3, -0.25) is 4.68 Å². The lowest BCUT2D eigenvalue weighted by atomic mass is 10.2. The second-order valence-corrected chi connectivity index (χ2v) is 5.68. The van der Waals surface area contributed by atoms with E-state index in [2.05, 4.69) is 34.6 Å². The van der Waals surface area contributed by atoms with Crippen LogP contribution in [0.2, 0.25) is 5.15 Å². The van der Waals surface area contributed by atoms with Crippen molar-refractivity contribution < 1.29 is 0 Å². The summed E-state index contributed by atoms with van der Waals surface area (Å²) in [5.41, 5.74) is 3.25. The molecule has 0 radical (unpaired) electrons. The highest BCUT2D eigenvalue weighted by Crippen LogP contribution is 2.19. The summed E-state index contributed by atoms with van der Waals surface area (Å²) in [5.74, 6) is 0. The van der Waals surface area contributed by atoms with E-state index in [1.165, 1.54) is 5.01 Å². The molecule has 0 aliphatic carbocycles. The van der Waals surface area contributed by atoms with Crippen LogP contribution in [0.1, 0.15) is 35.8 Å². The first-order valence-electron chi connectivity index (χ1n) is 6.49. The molecule has 2 heterocycles. The van der Waals surface area contributed by atoms with Gasteiger partial charge in [0.2, 0.25) is 0 Å². The van der Waals surface area contributed by atoms with E-state index in [0.29, 0.717) is 0 Å². The van der Waals surface area contributed by atoms with Crippen LogP contribution in [-0.2, 0) is 33.0 Å². The smallest absolute Gasteiger partial charge is 0.131 e. The average molecular weight is 299 g/mol. The molecular formula is C13H19ClN4S. The molecule has 0 saturated carbocycles. The molecule has 0 saturated heterocycles. The van der Waals surface area contributed by atoms with E-state index < -0.39 is 0 Å². The van der Waals surface area contributed by atoms with E-state index in [1.807, 2.05) is 7.05 Å². The molecule has 0 aromatic carbocycles. The molecule has 0 aliphatic heterocycles. The molecule has 104 valence electrons. The summed E-state index contributed by atoms with van der Waals surface area (Å²) in [5, 5.41) is 11.8. The van der Waals surface area contributed by atoms with Crippen molar-refractivity contribution in [3.8, 4) is 0 Å². The molecular weight excluding hydrogens is 280 g/mol. The third kappa shape index (κ3) is 3.35. The summed E-state index contributed by atoms with van der Waals surface area (Å²) < 4.78 is 1.73. The van der Waals surface area contributed by atoms with Gasteiger partial charge in [-0.05, 0) is 12.8 Å². The molecule has 2 aromatic heterocycles. The topological polar surface area (TPSA) is 42.7 Å². The van der Waals surface area contributed by atoms with Crippen molar-refractivity contribution in [3.05, 3.63) is 32.5 Å². The number of rotatable bonds is 6. The Kier molecular flexibility index (Phi) is 4.96. The van der Waals surface area contributed by atoms with Gasteiger partial charge in [-0.1, -0.05) is 25.4 Å². The predicted molar refractivity (Wildman–Crippen MR) is 79.6 cm³/mol. The maximum absolute atomic E-state index is 6.25. The van der Waals surface area contributed by atoms with Crippen LogP contribution in [0.5, 0.6) is 0 Å². The van der Waals surface area contributed by atoms with Crippen LogP contribution in [0.4, 0.5) is 0 Å². The molecule has 19 heavy (non-hydrogen) atoms. The van der Waals surface area contributed by atoms with Crippen molar-refractivity contribution in [1.29, 1.82) is 0 Å². The molecule has 0 amide bonds. The number of hydrogen-bond acceptors (Lipinski definition) is 4. The van der Waals surface area contributed by atoms with Crippen molar-refractivity contribution in [3.63, 3.8) is 0 Å². The molecule has 0 bridgehead atoms. The summed E-state index contributed by atoms with van der Waals surface area (Å²) in [6.45, 7) is 5.72. The van der Waals surface area contributed by atoms with Gasteiger partial charge in [0.1, 0.15) is 5.15 Å². The monoisotopic (exact) mass is 298 g/mol. The molecule has 0 unspecified atom stereocenters. The lowest BCUT2D eigenvalue weighted by Crippen LogP contribution is -2.14. The zero-order valence-corrected chi connectivity index (χ0v) is 13.1. The minimum Gasteiger partial charge on any atom is -0.307 e. The Morgan fingerprint density at radius 2 is 2.11 bits per heavy atom. The Morgan fingerprint density at radius 1 is 1.32 bits per heavy atom. The first kappa shape index (κ1) is 14.5. The van der Waals surface area contributed by atoms with E-state index in [9.17, 15) is 0 Å². The van der Waals surface area contributed by atoms with Crippen LogP contribution in [0.3, 0.4) is 0 Å². The molecule has 4 nitrogen and oxygen atoms in total. The number of aromatic nitrogens is 3. The molecule has 6 heteroatoms. The highest BCUT2D eigenvalue weighted by Gasteiger charge is 2.12. The minimum atomic E-state index is 0.719. The number of thiazole rings is 1. The molecule has 2 aromatic rings. The zero-order chi connectivity index (χ0) is 13.8. The lowest BCUT2D eigenvalue weighted by Gasteiger charge is -2.03. The first-order chi connectivity index (χ1) is 9.15. The fourth-order valence-corrected chi connectivity index (χ4v) is 2.93. The average Bonchev–Trinajstić information content (AvgIpc) is 2.98. The first-order valence-corrected chi connectivity index (χ1v) is 7.75. The normalized spacial score (nSPS) is 11.2. The van der Waals surface area contributed by atoms with E-state index >= 15 is 0 Å². The standard InChI is InChI=1S/C13H19ClN4S/c1-4-11-10(13(14)18(3)17-11)7-15-6-9-8-19-12(5-2)16-9/h8,15H,4-7H2,1-3H3. The maximum Gasteiger partial charge on any atom is 0.131 e. The number of nitrogens with zero attached hydrogens (tertiary/aromatic N) is 3. The Morgan fingerprint density at radius 3 is 2.74 bits per heavy atom. The molecule has 0 atom stereocenters. The Balaban J connectivity index is 1.95. The van der Waals surface area contributed by atoms with Crippen molar-refractivity contribution in [2.45, 2.75) is 39.8 Å². The molecule has 1 N–H and O–H groups in total. The van der Waals surface area contributed by atoms with Crippen molar-refractivity contribution >= 4 is 22.9 Å². The second kappa shape index (κ2) is 6.50. The number of nitrogens with one attached hydrogen (secondary N) is 1. The van der Waals surface area contributed by atoms with Crippen molar-refractivity contribution in [1.82, 2.24) is 20.1 Å². The second-order valence-electron chi connectivity index (χ2n) is 4.38. The van der Waals surface area contributed by atoms with Gasteiger partial charge in [0, 0.05) is 31.1 Å². The van der Waals surface area contributed by atoms with Gasteiger partial charge in [-0.2, -0.15) is 5.10 Å². The highest BCUT2D eigenvalue weighted by molar-refractivity contribution is 7.09. The van der Waals surface area contributed by atoms with Gasteiger partial charge < -0.3 is 5.32 Å². The number of aryl methyl sites for hydroxylation is 3. The quantitative estimate of drug-likeness (QED) is 0.891. The van der Waals surface area contributed by atoms with E-state index in [-0.39, 0.29) is 0 Å². The van der Waals surface area contributed by atoms with Crippen molar-refractivity contribution in [2.75, 3.05) is 0 Å². The number of halogens is 1. The minimum absolute atomic E-state index is 0.719. The summed E-state index contributed by atoms with van der Waals surface area (Å²) in [7, 11) is 1.87. The van der Waals surface area contributed by atoms with Crippen LogP contribution in [-0.4, -0.2) is 14.8 Å². The van der Waals surface area contributed by atoms with Crippen molar-refractivity contribution in [2.24, 2.45) is 7.05 Å². The van der Waals surface area contributed by atoms with Gasteiger partial charge in [-0.25, -0.2) is 4.98 Å². The highest BCUT2D eigenvalue weighted by atomic mass is 35.5. The lowest BCUT2D eigenvalue weighted by molar-refractivity contribution is 0.676. The van der Waals surface area contributed by atoms with Gasteiger partial charge in [-0.15, -0.1) is 11.3 Å². The van der Waals surface area contributed by atoms with Crippen LogP contribution < -0.4 is 5.32 Å². The molecule has 0 aliphatic rings. The summed E-state index contributed by atoms with van der Waals surface area (Å²) in [6.07, 6.45) is 1.90. The SMILES string of the molecule is CCc1nc(CNCc2c(CC)nn(C)c2Cl)cs1. The molecule has 0 spiro atoms. The molecule has 2 rings (SSSR count).